The van der Waals surface area contributed by atoms with E-state index in [9.17, 15) is 33.4 Å². The number of benzene rings is 3. The highest BCUT2D eigenvalue weighted by molar-refractivity contribution is 6.58. The zero-order valence-corrected chi connectivity index (χ0v) is 28.9. The van der Waals surface area contributed by atoms with E-state index < -0.39 is 17.0 Å². The third kappa shape index (κ3) is 10.1. The highest BCUT2D eigenvalue weighted by Crippen LogP contribution is 2.25. The van der Waals surface area contributed by atoms with Gasteiger partial charge in [0, 0.05) is 0 Å². The molecule has 0 aliphatic carbocycles. The Kier molecular flexibility index (Phi) is 13.5. The molecule has 3 aromatic heterocycles. The summed E-state index contributed by atoms with van der Waals surface area (Å²) >= 11 is 0. The molecule has 0 radical (unpaired) electrons. The topological polar surface area (TPSA) is 217 Å². The lowest BCUT2D eigenvalue weighted by atomic mass is 9.80. The number of nitrogens with zero attached hydrogens (tertiary/aromatic N) is 7. The van der Waals surface area contributed by atoms with Crippen LogP contribution in [0, 0.1) is 79.2 Å². The van der Waals surface area contributed by atoms with E-state index in [0.717, 1.165) is 17.1 Å². The molecule has 52 heavy (non-hydrogen) atoms. The lowest BCUT2D eigenvalue weighted by molar-refractivity contribution is -0.386. The fourth-order valence-electron chi connectivity index (χ4n) is 4.67. The van der Waals surface area contributed by atoms with E-state index in [2.05, 4.69) is 20.4 Å². The third-order valence-electron chi connectivity index (χ3n) is 7.37. The fourth-order valence-corrected chi connectivity index (χ4v) is 4.67. The number of nitro groups is 2. The monoisotopic (exact) mass is 721 g/mol. The molecular weight excluding hydrogens is 686 g/mol. The number of hydrogen-bond acceptors (Lipinski definition) is 10. The average molecular weight is 722 g/mol. The molecule has 5 N–H and O–H groups in total. The van der Waals surface area contributed by atoms with Crippen molar-refractivity contribution in [1.29, 1.82) is 0 Å². The Morgan fingerprint density at radius 2 is 1.06 bits per heavy atom. The Morgan fingerprint density at radius 1 is 0.654 bits per heavy atom. The number of hydrogen-bond donors (Lipinski definition) is 4. The highest BCUT2D eigenvalue weighted by Gasteiger charge is 2.22. The molecular formula is C33H35BF3N9O6. The predicted octanol–water partition coefficient (Wildman–Crippen LogP) is 5.19. The van der Waals surface area contributed by atoms with Crippen LogP contribution >= 0.6 is 0 Å². The van der Waals surface area contributed by atoms with E-state index in [0.29, 0.717) is 39.6 Å². The summed E-state index contributed by atoms with van der Waals surface area (Å²) in [5.74, 6) is -0.998. The van der Waals surface area contributed by atoms with E-state index in [1.54, 1.807) is 44.5 Å². The van der Waals surface area contributed by atoms with Gasteiger partial charge in [-0.25, -0.2) is 22.5 Å². The maximum atomic E-state index is 12.8. The van der Waals surface area contributed by atoms with Crippen LogP contribution in [0.15, 0.2) is 72.8 Å². The van der Waals surface area contributed by atoms with Gasteiger partial charge in [-0.15, -0.1) is 0 Å². The van der Waals surface area contributed by atoms with Crippen molar-refractivity contribution >= 4 is 29.6 Å². The number of halogens is 3. The fraction of sp³-hybridized carbons (Fsp3) is 0.182. The highest BCUT2D eigenvalue weighted by atomic mass is 19.1. The normalized spacial score (nSPS) is 10.2. The van der Waals surface area contributed by atoms with Gasteiger partial charge in [0.2, 0.25) is 0 Å². The van der Waals surface area contributed by atoms with Crippen LogP contribution < -0.4 is 11.2 Å². The SMILES string of the molecule is Cc1n[nH]c(C)c1[N+](=O)[O-].Cc1nn(-c2ccc(F)cc2)c(C)c1N.Cc1nn(-c2ccc(F)cc2)c(C)c1[N+](=O)[O-].OB(O)c1ccc(F)cc1. The number of aromatic nitrogens is 6. The number of nitrogen functional groups attached to an aromatic ring is 1. The van der Waals surface area contributed by atoms with Gasteiger partial charge >= 0.3 is 18.5 Å². The minimum absolute atomic E-state index is 0.00525. The second-order valence-corrected chi connectivity index (χ2v) is 11.1. The summed E-state index contributed by atoms with van der Waals surface area (Å²) < 4.78 is 40.8. The van der Waals surface area contributed by atoms with Crippen LogP contribution in [0.3, 0.4) is 0 Å². The van der Waals surface area contributed by atoms with Gasteiger partial charge in [-0.2, -0.15) is 15.3 Å². The molecule has 272 valence electrons. The number of H-pyrrole nitrogens is 1. The van der Waals surface area contributed by atoms with Crippen molar-refractivity contribution in [1.82, 2.24) is 29.8 Å². The zero-order valence-electron chi connectivity index (χ0n) is 28.9. The van der Waals surface area contributed by atoms with Crippen molar-refractivity contribution < 1.29 is 33.1 Å². The van der Waals surface area contributed by atoms with E-state index in [1.807, 2.05) is 13.8 Å². The van der Waals surface area contributed by atoms with Crippen molar-refractivity contribution in [3.05, 3.63) is 145 Å². The standard InChI is InChI=1S/C11H10FN3O2.C11H12FN3.C6H6BFO2.C5H7N3O2/c1-7-11(15(16)17)8(2)14(13-7)10-5-3-9(12)4-6-10;1-7-11(13)8(2)15(14-7)10-5-3-9(12)4-6-10;8-6-3-1-5(2-4-6)7(9)10;1-3-5(8(9)10)4(2)7-6-3/h3-6H,1-2H3;3-6H,13H2,1-2H3;1-4,9-10H;1-2H3,(H,6,7). The Hall–Kier alpha value is -6.34. The lowest BCUT2D eigenvalue weighted by Gasteiger charge is -2.03. The minimum atomic E-state index is -1.51. The Labute approximate surface area is 295 Å². The van der Waals surface area contributed by atoms with Crippen LogP contribution in [-0.4, -0.2) is 56.8 Å². The Balaban J connectivity index is 0.000000192. The number of nitrogens with two attached hydrogens (primary N) is 1. The van der Waals surface area contributed by atoms with Gasteiger partial charge in [-0.3, -0.25) is 25.3 Å². The van der Waals surface area contributed by atoms with E-state index >= 15 is 0 Å². The van der Waals surface area contributed by atoms with Gasteiger partial charge in [0.1, 0.15) is 40.2 Å². The number of aromatic amines is 1. The van der Waals surface area contributed by atoms with Crippen molar-refractivity contribution in [2.75, 3.05) is 5.73 Å². The first-order valence-corrected chi connectivity index (χ1v) is 15.2. The lowest BCUT2D eigenvalue weighted by Crippen LogP contribution is -2.29. The van der Waals surface area contributed by atoms with Crippen molar-refractivity contribution in [2.45, 2.75) is 41.5 Å². The summed E-state index contributed by atoms with van der Waals surface area (Å²) in [7, 11) is -1.51. The molecule has 0 atom stereocenters. The molecule has 0 aliphatic heterocycles. The number of aryl methyl sites for hydroxylation is 4. The van der Waals surface area contributed by atoms with Gasteiger partial charge in [-0.05, 0) is 108 Å². The van der Waals surface area contributed by atoms with Crippen LogP contribution in [-0.2, 0) is 0 Å². The number of anilines is 1. The second kappa shape index (κ2) is 17.5. The molecule has 0 bridgehead atoms. The summed E-state index contributed by atoms with van der Waals surface area (Å²) in [4.78, 5) is 20.2. The quantitative estimate of drug-likeness (QED) is 0.104. The van der Waals surface area contributed by atoms with Gasteiger partial charge in [-0.1, -0.05) is 12.1 Å². The van der Waals surface area contributed by atoms with Gasteiger partial charge < -0.3 is 15.8 Å². The molecule has 0 aliphatic rings. The van der Waals surface area contributed by atoms with Gasteiger partial charge in [0.05, 0.1) is 38.3 Å². The first-order chi connectivity index (χ1) is 24.4. The second-order valence-electron chi connectivity index (χ2n) is 11.1. The van der Waals surface area contributed by atoms with Crippen LogP contribution in [0.25, 0.3) is 11.4 Å². The summed E-state index contributed by atoms with van der Waals surface area (Å²) in [6, 6.07) is 16.8. The Morgan fingerprint density at radius 3 is 1.37 bits per heavy atom. The maximum Gasteiger partial charge on any atom is 0.488 e. The van der Waals surface area contributed by atoms with Gasteiger partial charge in [0.25, 0.3) is 0 Å². The molecule has 0 saturated heterocycles. The molecule has 6 rings (SSSR count). The molecule has 3 aromatic carbocycles. The summed E-state index contributed by atoms with van der Waals surface area (Å²) in [6.45, 7) is 10.1. The molecule has 0 fully saturated rings. The van der Waals surface area contributed by atoms with E-state index in [4.69, 9.17) is 15.8 Å². The summed E-state index contributed by atoms with van der Waals surface area (Å²) in [6.07, 6.45) is 0. The van der Waals surface area contributed by atoms with Gasteiger partial charge in [0.15, 0.2) is 0 Å². The predicted molar refractivity (Wildman–Crippen MR) is 188 cm³/mol. The minimum Gasteiger partial charge on any atom is -0.423 e. The summed E-state index contributed by atoms with van der Waals surface area (Å²) in [5, 5.41) is 52.7. The van der Waals surface area contributed by atoms with Crippen molar-refractivity contribution in [2.24, 2.45) is 0 Å². The van der Waals surface area contributed by atoms with Crippen LogP contribution in [0.2, 0.25) is 0 Å². The maximum absolute atomic E-state index is 12.8. The molecule has 6 aromatic rings. The average Bonchev–Trinajstić information content (AvgIpc) is 3.69. The molecule has 0 unspecified atom stereocenters. The third-order valence-corrected chi connectivity index (χ3v) is 7.37. The molecule has 0 amide bonds. The molecule has 0 spiro atoms. The van der Waals surface area contributed by atoms with Crippen molar-refractivity contribution in [3.63, 3.8) is 0 Å². The molecule has 3 heterocycles. The number of rotatable bonds is 5. The smallest absolute Gasteiger partial charge is 0.423 e. The Bertz CT molecular complexity index is 2110. The zero-order chi connectivity index (χ0) is 38.9. The number of nitrogens with one attached hydrogen (secondary N) is 1. The first-order valence-electron chi connectivity index (χ1n) is 15.2. The first kappa shape index (κ1) is 40.1. The van der Waals surface area contributed by atoms with Crippen LogP contribution in [0.1, 0.15) is 34.2 Å². The molecule has 19 heteroatoms. The van der Waals surface area contributed by atoms with E-state index in [-0.39, 0.29) is 28.8 Å². The molecule has 15 nitrogen and oxygen atoms in total. The van der Waals surface area contributed by atoms with E-state index in [1.165, 1.54) is 65.3 Å². The van der Waals surface area contributed by atoms with Crippen molar-refractivity contribution in [3.8, 4) is 11.4 Å². The summed E-state index contributed by atoms with van der Waals surface area (Å²) in [5.41, 5.74) is 11.6. The largest absolute Gasteiger partial charge is 0.488 e. The van der Waals surface area contributed by atoms with Crippen LogP contribution in [0.5, 0.6) is 0 Å². The molecule has 0 saturated carbocycles. The van der Waals surface area contributed by atoms with Crippen LogP contribution in [0.4, 0.5) is 30.2 Å².